The molecule has 0 aliphatic rings. The topological polar surface area (TPSA) is 99.1 Å². The van der Waals surface area contributed by atoms with Crippen molar-refractivity contribution in [2.24, 2.45) is 0 Å². The molecule has 2 atom stereocenters. The smallest absolute Gasteiger partial charge is 0.362 e. The van der Waals surface area contributed by atoms with Crippen LogP contribution in [0.2, 0.25) is 0 Å². The highest BCUT2D eigenvalue weighted by Crippen LogP contribution is 2.14. The molecule has 0 heterocycles. The maximum Gasteiger partial charge on any atom is 0.362 e. The second-order valence-corrected chi connectivity index (χ2v) is 16.2. The summed E-state index contributed by atoms with van der Waals surface area (Å²) in [6.07, 6.45) is 48.4. The molecule has 0 fully saturated rings. The first-order chi connectivity index (χ1) is 27.6. The molecule has 0 saturated heterocycles. The van der Waals surface area contributed by atoms with Crippen LogP contribution < -0.4 is 0 Å². The van der Waals surface area contributed by atoms with E-state index in [0.717, 1.165) is 89.9 Å². The summed E-state index contributed by atoms with van der Waals surface area (Å²) in [6, 6.07) is -0.619. The zero-order valence-corrected chi connectivity index (χ0v) is 37.3. The van der Waals surface area contributed by atoms with Gasteiger partial charge in [0.05, 0.1) is 34.4 Å². The summed E-state index contributed by atoms with van der Waals surface area (Å²) < 4.78 is 17.3. The molecule has 2 unspecified atom stereocenters. The van der Waals surface area contributed by atoms with Crippen LogP contribution in [0.15, 0.2) is 60.8 Å². The van der Waals surface area contributed by atoms with Gasteiger partial charge in [-0.3, -0.25) is 9.59 Å². The Morgan fingerprint density at radius 1 is 0.526 bits per heavy atom. The number of nitrogens with zero attached hydrogens (tertiary/aromatic N) is 1. The first-order valence-corrected chi connectivity index (χ1v) is 22.8. The minimum absolute atomic E-state index is 0.0530. The fourth-order valence-electron chi connectivity index (χ4n) is 6.44. The molecule has 1 N–H and O–H groups in total. The highest BCUT2D eigenvalue weighted by atomic mass is 16.6. The maximum atomic E-state index is 12.7. The number of carbonyl (C=O) groups excluding carboxylic acids is 2. The summed E-state index contributed by atoms with van der Waals surface area (Å²) in [6.45, 7) is 4.50. The van der Waals surface area contributed by atoms with Gasteiger partial charge < -0.3 is 23.8 Å². The van der Waals surface area contributed by atoms with Gasteiger partial charge in [0.25, 0.3) is 0 Å². The third kappa shape index (κ3) is 38.3. The highest BCUT2D eigenvalue weighted by molar-refractivity contribution is 5.72. The molecular weight excluding hydrogens is 715 g/mol. The normalized spacial score (nSPS) is 13.5. The van der Waals surface area contributed by atoms with Crippen LogP contribution in [0.1, 0.15) is 181 Å². The number of rotatable bonds is 40. The molecule has 0 aromatic heterocycles. The molecule has 0 spiro atoms. The van der Waals surface area contributed by atoms with Crippen molar-refractivity contribution in [2.75, 3.05) is 41.0 Å². The van der Waals surface area contributed by atoms with E-state index in [1.807, 2.05) is 21.1 Å². The van der Waals surface area contributed by atoms with E-state index < -0.39 is 18.1 Å². The third-order valence-corrected chi connectivity index (χ3v) is 9.91. The molecule has 0 aromatic rings. The van der Waals surface area contributed by atoms with Crippen LogP contribution in [-0.2, 0) is 28.6 Å². The number of likely N-dealkylation sites (N-methyl/N-ethyl adjacent to an activating group) is 1. The van der Waals surface area contributed by atoms with Gasteiger partial charge in [-0.2, -0.15) is 0 Å². The first-order valence-electron chi connectivity index (χ1n) is 22.8. The molecule has 0 amide bonds. The highest BCUT2D eigenvalue weighted by Gasteiger charge is 2.31. The van der Waals surface area contributed by atoms with Crippen LogP contribution in [0.25, 0.3) is 0 Å². The van der Waals surface area contributed by atoms with Gasteiger partial charge in [0.1, 0.15) is 6.61 Å². The van der Waals surface area contributed by atoms with Crippen molar-refractivity contribution in [1.82, 2.24) is 0 Å². The molecule has 0 aliphatic carbocycles. The van der Waals surface area contributed by atoms with Gasteiger partial charge in [0.15, 0.2) is 12.1 Å². The predicted molar refractivity (Wildman–Crippen MR) is 238 cm³/mol. The second kappa shape index (κ2) is 39.8. The van der Waals surface area contributed by atoms with Crippen molar-refractivity contribution < 1.29 is 38.2 Å². The van der Waals surface area contributed by atoms with Crippen molar-refractivity contribution >= 4 is 17.9 Å². The Kier molecular flexibility index (Phi) is 37.8. The van der Waals surface area contributed by atoms with E-state index in [0.29, 0.717) is 19.3 Å². The fourth-order valence-corrected chi connectivity index (χ4v) is 6.44. The van der Waals surface area contributed by atoms with Gasteiger partial charge in [-0.05, 0) is 70.6 Å². The lowest BCUT2D eigenvalue weighted by Crippen LogP contribution is -2.50. The molecule has 0 aliphatic heterocycles. The number of carboxylic acid groups (broad SMARTS) is 1. The van der Waals surface area contributed by atoms with Gasteiger partial charge in [-0.15, -0.1) is 0 Å². The monoisotopic (exact) mass is 801 g/mol. The molecule has 8 heteroatoms. The second-order valence-electron chi connectivity index (χ2n) is 16.2. The standard InChI is InChI=1S/C49H85NO7/c1-6-8-10-12-14-16-18-20-21-22-23-24-25-26-27-28-30-31-33-35-37-39-47(51)56-44-45(43-55-42-41-46(49(53)54)50(3,4)5)57-48(52)40-38-36-34-32-29-19-17-15-13-11-9-7-2/h8-11,14-17,20-21,45-46H,6-7,12-13,18-19,22-44H2,1-5H3/p+1/b10-8+,11-9+,16-14+,17-15+,21-20+. The van der Waals surface area contributed by atoms with Gasteiger partial charge in [0, 0.05) is 19.3 Å². The van der Waals surface area contributed by atoms with Crippen molar-refractivity contribution in [3.63, 3.8) is 0 Å². The molecule has 8 nitrogen and oxygen atoms in total. The molecule has 0 rings (SSSR count). The predicted octanol–water partition coefficient (Wildman–Crippen LogP) is 12.6. The number of esters is 2. The number of quaternary nitrogens is 1. The summed E-state index contributed by atoms with van der Waals surface area (Å²) >= 11 is 0. The lowest BCUT2D eigenvalue weighted by atomic mass is 10.0. The Morgan fingerprint density at radius 3 is 1.37 bits per heavy atom. The van der Waals surface area contributed by atoms with E-state index in [4.69, 9.17) is 14.2 Å². The number of aliphatic carboxylic acids is 1. The zero-order chi connectivity index (χ0) is 42.1. The van der Waals surface area contributed by atoms with E-state index in [2.05, 4.69) is 74.6 Å². The van der Waals surface area contributed by atoms with E-state index in [9.17, 15) is 19.5 Å². The number of allylic oxidation sites excluding steroid dienone is 10. The number of carboxylic acids is 1. The zero-order valence-electron chi connectivity index (χ0n) is 37.3. The van der Waals surface area contributed by atoms with E-state index in [1.54, 1.807) is 0 Å². The van der Waals surface area contributed by atoms with Gasteiger partial charge in [-0.1, -0.05) is 152 Å². The number of hydrogen-bond acceptors (Lipinski definition) is 6. The average molecular weight is 801 g/mol. The first kappa shape index (κ1) is 54.0. The molecule has 0 radical (unpaired) electrons. The number of unbranched alkanes of at least 4 members (excludes halogenated alkanes) is 16. The van der Waals surface area contributed by atoms with Crippen molar-refractivity contribution in [3.8, 4) is 0 Å². The quantitative estimate of drug-likeness (QED) is 0.0285. The van der Waals surface area contributed by atoms with Crippen LogP contribution >= 0.6 is 0 Å². The Hall–Kier alpha value is -2.97. The fraction of sp³-hybridized carbons (Fsp3) is 0.735. The Balaban J connectivity index is 4.25. The summed E-state index contributed by atoms with van der Waals surface area (Å²) in [5.41, 5.74) is 0. The number of carbonyl (C=O) groups is 3. The summed E-state index contributed by atoms with van der Waals surface area (Å²) in [4.78, 5) is 37.0. The third-order valence-electron chi connectivity index (χ3n) is 9.91. The largest absolute Gasteiger partial charge is 0.477 e. The summed E-state index contributed by atoms with van der Waals surface area (Å²) in [5, 5.41) is 9.62. The van der Waals surface area contributed by atoms with Gasteiger partial charge in [0.2, 0.25) is 0 Å². The van der Waals surface area contributed by atoms with Gasteiger partial charge >= 0.3 is 17.9 Å². The van der Waals surface area contributed by atoms with Crippen LogP contribution in [0.5, 0.6) is 0 Å². The Bertz CT molecular complexity index is 1120. The van der Waals surface area contributed by atoms with Crippen LogP contribution in [-0.4, -0.2) is 80.6 Å². The maximum absolute atomic E-state index is 12.7. The summed E-state index contributed by atoms with van der Waals surface area (Å²) in [7, 11) is 5.52. The van der Waals surface area contributed by atoms with Crippen molar-refractivity contribution in [2.45, 2.75) is 193 Å². The molecule has 328 valence electrons. The van der Waals surface area contributed by atoms with Crippen LogP contribution in [0.3, 0.4) is 0 Å². The van der Waals surface area contributed by atoms with E-state index in [1.165, 1.54) is 57.8 Å². The minimum Gasteiger partial charge on any atom is -0.477 e. The molecule has 0 saturated carbocycles. The van der Waals surface area contributed by atoms with E-state index >= 15 is 0 Å². The number of ether oxygens (including phenoxy) is 3. The minimum atomic E-state index is -0.880. The summed E-state index contributed by atoms with van der Waals surface area (Å²) in [5.74, 6) is -1.49. The molecule has 57 heavy (non-hydrogen) atoms. The van der Waals surface area contributed by atoms with Crippen molar-refractivity contribution in [1.29, 1.82) is 0 Å². The van der Waals surface area contributed by atoms with Crippen LogP contribution in [0, 0.1) is 0 Å². The molecule has 0 bridgehead atoms. The van der Waals surface area contributed by atoms with Crippen LogP contribution in [0.4, 0.5) is 0 Å². The molecular formula is C49H86NO7+. The van der Waals surface area contributed by atoms with Crippen molar-refractivity contribution in [3.05, 3.63) is 60.8 Å². The Morgan fingerprint density at radius 2 is 0.930 bits per heavy atom. The lowest BCUT2D eigenvalue weighted by Gasteiger charge is -2.31. The van der Waals surface area contributed by atoms with Gasteiger partial charge in [-0.25, -0.2) is 4.79 Å². The Labute approximate surface area is 349 Å². The SMILES string of the molecule is CC/C=C/C/C=C/C/C=C/CCCCCCCCCCCCCC(=O)OCC(COCCC(C(=O)O)[N+](C)(C)C)OC(=O)CCCCCCC/C=C/C/C=C/CC. The molecule has 0 aromatic carbocycles. The lowest BCUT2D eigenvalue weighted by molar-refractivity contribution is -0.887. The van der Waals surface area contributed by atoms with E-state index in [-0.39, 0.29) is 36.2 Å². The average Bonchev–Trinajstić information content (AvgIpc) is 3.17. The number of hydrogen-bond donors (Lipinski definition) is 1.